The zero-order chi connectivity index (χ0) is 13.8. The molecule has 0 amide bonds. The Bertz CT molecular complexity index is 435. The van der Waals surface area contributed by atoms with Crippen LogP contribution in [-0.2, 0) is 4.74 Å². The minimum Gasteiger partial charge on any atom is -0.376 e. The Kier molecular flexibility index (Phi) is 4.32. The van der Waals surface area contributed by atoms with Gasteiger partial charge >= 0.3 is 0 Å². The number of nitrogens with zero attached hydrogens (tertiary/aromatic N) is 3. The van der Waals surface area contributed by atoms with Crippen molar-refractivity contribution in [1.82, 2.24) is 15.3 Å². The molecule has 0 aromatic carbocycles. The first-order valence-electron chi connectivity index (χ1n) is 7.46. The number of likely N-dealkylation sites (N-methyl/N-ethyl adjacent to an activating group) is 1. The number of nitrogens with one attached hydrogen (secondary N) is 2. The van der Waals surface area contributed by atoms with E-state index in [4.69, 9.17) is 4.74 Å². The van der Waals surface area contributed by atoms with Crippen molar-refractivity contribution in [3.05, 3.63) is 12.3 Å². The number of ether oxygens (including phenoxy) is 1. The molecule has 2 unspecified atom stereocenters. The highest BCUT2D eigenvalue weighted by Gasteiger charge is 2.22. The fourth-order valence-electron chi connectivity index (χ4n) is 2.82. The summed E-state index contributed by atoms with van der Waals surface area (Å²) in [6.45, 7) is 3.74. The minimum atomic E-state index is 0.308. The maximum Gasteiger partial charge on any atom is 0.224 e. The lowest BCUT2D eigenvalue weighted by atomic mass is 10.2. The van der Waals surface area contributed by atoms with Gasteiger partial charge in [-0.05, 0) is 32.4 Å². The van der Waals surface area contributed by atoms with Gasteiger partial charge in [-0.25, -0.2) is 4.98 Å². The van der Waals surface area contributed by atoms with Crippen molar-refractivity contribution >= 4 is 11.8 Å². The summed E-state index contributed by atoms with van der Waals surface area (Å²) in [5.74, 6) is 1.71. The minimum absolute atomic E-state index is 0.308. The second kappa shape index (κ2) is 6.37. The van der Waals surface area contributed by atoms with Crippen LogP contribution in [0, 0.1) is 0 Å². The molecule has 1 aromatic rings. The Morgan fingerprint density at radius 2 is 2.40 bits per heavy atom. The standard InChI is InChI=1S/C14H23N5O/c1-15-11-5-7-19(10-11)13-4-6-16-14(18-13)17-9-12-3-2-8-20-12/h4,6,11-12,15H,2-3,5,7-10H2,1H3,(H,16,17,18). The second-order valence-electron chi connectivity index (χ2n) is 5.47. The summed E-state index contributed by atoms with van der Waals surface area (Å²) in [6.07, 6.45) is 5.59. The van der Waals surface area contributed by atoms with Gasteiger partial charge in [0.2, 0.25) is 5.95 Å². The Labute approximate surface area is 119 Å². The number of rotatable bonds is 5. The summed E-state index contributed by atoms with van der Waals surface area (Å²) >= 11 is 0. The molecule has 0 saturated carbocycles. The van der Waals surface area contributed by atoms with Crippen molar-refractivity contribution < 1.29 is 4.74 Å². The second-order valence-corrected chi connectivity index (χ2v) is 5.47. The fraction of sp³-hybridized carbons (Fsp3) is 0.714. The highest BCUT2D eigenvalue weighted by Crippen LogP contribution is 2.19. The third-order valence-corrected chi connectivity index (χ3v) is 4.07. The number of anilines is 2. The largest absolute Gasteiger partial charge is 0.376 e. The summed E-state index contributed by atoms with van der Waals surface area (Å²) in [7, 11) is 2.02. The predicted octanol–water partition coefficient (Wildman–Crippen LogP) is 0.866. The first-order valence-corrected chi connectivity index (χ1v) is 7.46. The molecule has 2 saturated heterocycles. The molecule has 2 N–H and O–H groups in total. The van der Waals surface area contributed by atoms with Gasteiger partial charge in [0.1, 0.15) is 5.82 Å². The zero-order valence-electron chi connectivity index (χ0n) is 12.0. The van der Waals surface area contributed by atoms with E-state index in [1.54, 1.807) is 0 Å². The van der Waals surface area contributed by atoms with Gasteiger partial charge in [-0.1, -0.05) is 0 Å². The summed E-state index contributed by atoms with van der Waals surface area (Å²) in [5, 5.41) is 6.61. The lowest BCUT2D eigenvalue weighted by Gasteiger charge is -2.18. The third-order valence-electron chi connectivity index (χ3n) is 4.07. The van der Waals surface area contributed by atoms with Crippen LogP contribution in [0.5, 0.6) is 0 Å². The number of aromatic nitrogens is 2. The summed E-state index contributed by atoms with van der Waals surface area (Å²) in [4.78, 5) is 11.2. The first-order chi connectivity index (χ1) is 9.85. The van der Waals surface area contributed by atoms with Gasteiger partial charge in [0.05, 0.1) is 6.10 Å². The molecular weight excluding hydrogens is 254 g/mol. The lowest BCUT2D eigenvalue weighted by Crippen LogP contribution is -2.30. The molecule has 110 valence electrons. The molecule has 1 aromatic heterocycles. The zero-order valence-corrected chi connectivity index (χ0v) is 12.0. The first kappa shape index (κ1) is 13.6. The topological polar surface area (TPSA) is 62.3 Å². The SMILES string of the molecule is CNC1CCN(c2ccnc(NCC3CCCO3)n2)C1. The highest BCUT2D eigenvalue weighted by molar-refractivity contribution is 5.43. The molecule has 0 radical (unpaired) electrons. The molecule has 0 spiro atoms. The van der Waals surface area contributed by atoms with Gasteiger partial charge < -0.3 is 20.3 Å². The van der Waals surface area contributed by atoms with Crippen LogP contribution < -0.4 is 15.5 Å². The Morgan fingerprint density at radius 3 is 3.15 bits per heavy atom. The molecule has 20 heavy (non-hydrogen) atoms. The van der Waals surface area contributed by atoms with E-state index < -0.39 is 0 Å². The number of hydrogen-bond acceptors (Lipinski definition) is 6. The van der Waals surface area contributed by atoms with E-state index in [-0.39, 0.29) is 0 Å². The summed E-state index contributed by atoms with van der Waals surface area (Å²) < 4.78 is 5.60. The van der Waals surface area contributed by atoms with Crippen molar-refractivity contribution in [2.45, 2.75) is 31.4 Å². The van der Waals surface area contributed by atoms with Crippen LogP contribution in [0.25, 0.3) is 0 Å². The molecular formula is C14H23N5O. The van der Waals surface area contributed by atoms with Gasteiger partial charge in [0.25, 0.3) is 0 Å². The van der Waals surface area contributed by atoms with Crippen molar-refractivity contribution in [2.75, 3.05) is 43.5 Å². The predicted molar refractivity (Wildman–Crippen MR) is 79.2 cm³/mol. The van der Waals surface area contributed by atoms with E-state index in [0.717, 1.165) is 44.9 Å². The van der Waals surface area contributed by atoms with Crippen molar-refractivity contribution in [3.8, 4) is 0 Å². The maximum atomic E-state index is 5.60. The average Bonchev–Trinajstić information content (AvgIpc) is 3.16. The van der Waals surface area contributed by atoms with Gasteiger partial charge in [-0.15, -0.1) is 0 Å². The molecule has 6 nitrogen and oxygen atoms in total. The van der Waals surface area contributed by atoms with E-state index in [9.17, 15) is 0 Å². The van der Waals surface area contributed by atoms with Gasteiger partial charge in [0.15, 0.2) is 0 Å². The third kappa shape index (κ3) is 3.19. The molecule has 3 heterocycles. The molecule has 0 bridgehead atoms. The quantitative estimate of drug-likeness (QED) is 0.832. The van der Waals surface area contributed by atoms with Crippen molar-refractivity contribution in [3.63, 3.8) is 0 Å². The van der Waals surface area contributed by atoms with Gasteiger partial charge in [0, 0.05) is 38.5 Å². The molecule has 2 aliphatic rings. The van der Waals surface area contributed by atoms with Crippen LogP contribution in [0.3, 0.4) is 0 Å². The molecule has 0 aliphatic carbocycles. The van der Waals surface area contributed by atoms with Crippen LogP contribution in [-0.4, -0.2) is 55.4 Å². The van der Waals surface area contributed by atoms with E-state index in [2.05, 4.69) is 25.5 Å². The molecule has 2 aliphatic heterocycles. The molecule has 3 rings (SSSR count). The van der Waals surface area contributed by atoms with Gasteiger partial charge in [-0.3, -0.25) is 0 Å². The smallest absolute Gasteiger partial charge is 0.224 e. The van der Waals surface area contributed by atoms with Crippen molar-refractivity contribution in [1.29, 1.82) is 0 Å². The van der Waals surface area contributed by atoms with Crippen LogP contribution in [0.2, 0.25) is 0 Å². The lowest BCUT2D eigenvalue weighted by molar-refractivity contribution is 0.120. The van der Waals surface area contributed by atoms with Crippen LogP contribution >= 0.6 is 0 Å². The summed E-state index contributed by atoms with van der Waals surface area (Å²) in [6, 6.07) is 2.54. The van der Waals surface area contributed by atoms with E-state index >= 15 is 0 Å². The van der Waals surface area contributed by atoms with E-state index in [0.29, 0.717) is 18.1 Å². The van der Waals surface area contributed by atoms with Crippen LogP contribution in [0.1, 0.15) is 19.3 Å². The molecule has 2 atom stereocenters. The maximum absolute atomic E-state index is 5.60. The average molecular weight is 277 g/mol. The Hall–Kier alpha value is -1.40. The summed E-state index contributed by atoms with van der Waals surface area (Å²) in [5.41, 5.74) is 0. The monoisotopic (exact) mass is 277 g/mol. The number of hydrogen-bond donors (Lipinski definition) is 2. The van der Waals surface area contributed by atoms with Crippen LogP contribution in [0.4, 0.5) is 11.8 Å². The van der Waals surface area contributed by atoms with E-state index in [1.807, 2.05) is 19.3 Å². The van der Waals surface area contributed by atoms with Gasteiger partial charge in [-0.2, -0.15) is 4.98 Å². The Morgan fingerprint density at radius 1 is 1.45 bits per heavy atom. The van der Waals surface area contributed by atoms with Crippen LogP contribution in [0.15, 0.2) is 12.3 Å². The fourth-order valence-corrected chi connectivity index (χ4v) is 2.82. The van der Waals surface area contributed by atoms with Crippen molar-refractivity contribution in [2.24, 2.45) is 0 Å². The normalized spacial score (nSPS) is 26.1. The Balaban J connectivity index is 1.58. The highest BCUT2D eigenvalue weighted by atomic mass is 16.5. The van der Waals surface area contributed by atoms with E-state index in [1.165, 1.54) is 6.42 Å². The molecule has 2 fully saturated rings. The molecule has 6 heteroatoms.